The maximum absolute atomic E-state index is 12.2. The molecule has 22 heavy (non-hydrogen) atoms. The molecule has 0 fully saturated rings. The standard InChI is InChI=1S/C14H17N3O5/c1-17-11-7-8(3-4-9(11)16-14(17)21)12(18)15-10(13(19)20)5-6-22-2/h3-4,7,10H,5-6H2,1-2H3,(H,15,18)(H,16,21)(H,19,20). The molecule has 2 aromatic rings. The maximum Gasteiger partial charge on any atom is 0.326 e. The van der Waals surface area contributed by atoms with Gasteiger partial charge in [-0.05, 0) is 18.2 Å². The number of carboxylic acids is 1. The molecule has 1 aromatic heterocycles. The SMILES string of the molecule is COCCC(NC(=O)c1ccc2[nH]c(=O)n(C)c2c1)C(=O)O. The minimum Gasteiger partial charge on any atom is -0.480 e. The molecule has 2 rings (SSSR count). The Hall–Kier alpha value is -2.61. The van der Waals surface area contributed by atoms with E-state index >= 15 is 0 Å². The predicted octanol–water partition coefficient (Wildman–Crippen LogP) is 0.0861. The summed E-state index contributed by atoms with van der Waals surface area (Å²) in [7, 11) is 3.04. The smallest absolute Gasteiger partial charge is 0.326 e. The van der Waals surface area contributed by atoms with E-state index in [1.807, 2.05) is 0 Å². The van der Waals surface area contributed by atoms with Gasteiger partial charge in [0.25, 0.3) is 5.91 Å². The zero-order chi connectivity index (χ0) is 16.3. The van der Waals surface area contributed by atoms with Crippen molar-refractivity contribution in [2.24, 2.45) is 7.05 Å². The Labute approximate surface area is 125 Å². The van der Waals surface area contributed by atoms with E-state index in [9.17, 15) is 14.4 Å². The van der Waals surface area contributed by atoms with E-state index in [2.05, 4.69) is 10.3 Å². The number of aryl methyl sites for hydroxylation is 1. The molecule has 1 unspecified atom stereocenters. The molecule has 1 atom stereocenters. The Kier molecular flexibility index (Phi) is 4.62. The van der Waals surface area contributed by atoms with Crippen molar-refractivity contribution in [2.75, 3.05) is 13.7 Å². The summed E-state index contributed by atoms with van der Waals surface area (Å²) in [5, 5.41) is 11.5. The summed E-state index contributed by atoms with van der Waals surface area (Å²) < 4.78 is 6.21. The fourth-order valence-corrected chi connectivity index (χ4v) is 2.10. The molecule has 8 nitrogen and oxygen atoms in total. The second kappa shape index (κ2) is 6.44. The Balaban J connectivity index is 2.23. The number of carbonyl (C=O) groups excluding carboxylic acids is 1. The summed E-state index contributed by atoms with van der Waals surface area (Å²) in [6.45, 7) is 0.225. The van der Waals surface area contributed by atoms with Crippen molar-refractivity contribution in [3.05, 3.63) is 34.2 Å². The first kappa shape index (κ1) is 15.8. The van der Waals surface area contributed by atoms with E-state index in [1.165, 1.54) is 23.8 Å². The van der Waals surface area contributed by atoms with E-state index < -0.39 is 17.9 Å². The van der Waals surface area contributed by atoms with E-state index in [-0.39, 0.29) is 24.3 Å². The number of amides is 1. The summed E-state index contributed by atoms with van der Waals surface area (Å²) in [4.78, 5) is 37.5. The van der Waals surface area contributed by atoms with Crippen LogP contribution in [0.1, 0.15) is 16.8 Å². The van der Waals surface area contributed by atoms with Crippen LogP contribution in [0.3, 0.4) is 0 Å². The van der Waals surface area contributed by atoms with Gasteiger partial charge in [-0.25, -0.2) is 9.59 Å². The van der Waals surface area contributed by atoms with Crippen LogP contribution >= 0.6 is 0 Å². The highest BCUT2D eigenvalue weighted by atomic mass is 16.5. The number of nitrogens with zero attached hydrogens (tertiary/aromatic N) is 1. The van der Waals surface area contributed by atoms with Crippen LogP contribution in [-0.4, -0.2) is 46.3 Å². The second-order valence-corrected chi connectivity index (χ2v) is 4.87. The summed E-state index contributed by atoms with van der Waals surface area (Å²) >= 11 is 0. The number of fused-ring (bicyclic) bond motifs is 1. The number of aromatic nitrogens is 2. The number of imidazole rings is 1. The number of hydrogen-bond donors (Lipinski definition) is 3. The normalized spacial score (nSPS) is 12.3. The van der Waals surface area contributed by atoms with Crippen molar-refractivity contribution in [2.45, 2.75) is 12.5 Å². The Morgan fingerprint density at radius 2 is 2.18 bits per heavy atom. The third-order valence-corrected chi connectivity index (χ3v) is 3.38. The molecule has 0 bridgehead atoms. The van der Waals surface area contributed by atoms with Crippen LogP contribution < -0.4 is 11.0 Å². The number of methoxy groups -OCH3 is 1. The van der Waals surface area contributed by atoms with Crippen LogP contribution in [0.2, 0.25) is 0 Å². The number of H-pyrrole nitrogens is 1. The first-order valence-electron chi connectivity index (χ1n) is 6.65. The minimum atomic E-state index is -1.12. The van der Waals surface area contributed by atoms with E-state index in [4.69, 9.17) is 9.84 Å². The van der Waals surface area contributed by atoms with Gasteiger partial charge in [0.05, 0.1) is 11.0 Å². The van der Waals surface area contributed by atoms with Crippen molar-refractivity contribution in [3.63, 3.8) is 0 Å². The number of aromatic amines is 1. The molecule has 0 spiro atoms. The molecule has 8 heteroatoms. The van der Waals surface area contributed by atoms with Crippen molar-refractivity contribution < 1.29 is 19.4 Å². The van der Waals surface area contributed by atoms with E-state index in [0.717, 1.165) is 0 Å². The number of rotatable bonds is 6. The number of carbonyl (C=O) groups is 2. The minimum absolute atomic E-state index is 0.169. The van der Waals surface area contributed by atoms with Gasteiger partial charge < -0.3 is 20.1 Å². The molecular formula is C14H17N3O5. The summed E-state index contributed by atoms with van der Waals surface area (Å²) in [5.41, 5.74) is 1.18. The molecule has 0 saturated heterocycles. The Morgan fingerprint density at radius 3 is 2.82 bits per heavy atom. The van der Waals surface area contributed by atoms with Crippen LogP contribution in [0.5, 0.6) is 0 Å². The first-order valence-corrected chi connectivity index (χ1v) is 6.65. The van der Waals surface area contributed by atoms with Gasteiger partial charge in [0.1, 0.15) is 6.04 Å². The fraction of sp³-hybridized carbons (Fsp3) is 0.357. The quantitative estimate of drug-likeness (QED) is 0.699. The number of aliphatic carboxylic acids is 1. The molecule has 1 amide bonds. The van der Waals surface area contributed by atoms with Gasteiger partial charge in [0.15, 0.2) is 0 Å². The Bertz CT molecular complexity index is 761. The lowest BCUT2D eigenvalue weighted by Gasteiger charge is -2.14. The topological polar surface area (TPSA) is 113 Å². The van der Waals surface area contributed by atoms with Crippen LogP contribution in [0.4, 0.5) is 0 Å². The van der Waals surface area contributed by atoms with Gasteiger partial charge in [0, 0.05) is 32.7 Å². The Morgan fingerprint density at radius 1 is 1.45 bits per heavy atom. The molecule has 118 valence electrons. The molecule has 3 N–H and O–H groups in total. The predicted molar refractivity (Wildman–Crippen MR) is 78.9 cm³/mol. The zero-order valence-corrected chi connectivity index (χ0v) is 12.3. The average Bonchev–Trinajstić information content (AvgIpc) is 2.77. The highest BCUT2D eigenvalue weighted by Gasteiger charge is 2.20. The van der Waals surface area contributed by atoms with Gasteiger partial charge in [-0.15, -0.1) is 0 Å². The molecular weight excluding hydrogens is 290 g/mol. The molecule has 0 saturated carbocycles. The van der Waals surface area contributed by atoms with Crippen molar-refractivity contribution >= 4 is 22.9 Å². The lowest BCUT2D eigenvalue weighted by molar-refractivity contribution is -0.139. The number of benzene rings is 1. The molecule has 0 aliphatic carbocycles. The maximum atomic E-state index is 12.2. The third kappa shape index (κ3) is 3.17. The van der Waals surface area contributed by atoms with E-state index in [1.54, 1.807) is 13.1 Å². The van der Waals surface area contributed by atoms with Crippen LogP contribution in [-0.2, 0) is 16.6 Å². The van der Waals surface area contributed by atoms with Crippen molar-refractivity contribution in [1.29, 1.82) is 0 Å². The van der Waals surface area contributed by atoms with Crippen molar-refractivity contribution in [3.8, 4) is 0 Å². The number of nitrogens with one attached hydrogen (secondary N) is 2. The lowest BCUT2D eigenvalue weighted by Crippen LogP contribution is -2.41. The van der Waals surface area contributed by atoms with Crippen LogP contribution in [0.25, 0.3) is 11.0 Å². The monoisotopic (exact) mass is 307 g/mol. The first-order chi connectivity index (χ1) is 10.4. The molecule has 1 heterocycles. The number of carboxylic acid groups (broad SMARTS) is 1. The molecule has 1 aromatic carbocycles. The van der Waals surface area contributed by atoms with Gasteiger partial charge in [-0.1, -0.05) is 0 Å². The lowest BCUT2D eigenvalue weighted by atomic mass is 10.1. The molecule has 0 radical (unpaired) electrons. The highest BCUT2D eigenvalue weighted by Crippen LogP contribution is 2.12. The van der Waals surface area contributed by atoms with Crippen LogP contribution in [0, 0.1) is 0 Å². The average molecular weight is 307 g/mol. The zero-order valence-electron chi connectivity index (χ0n) is 12.3. The van der Waals surface area contributed by atoms with Crippen molar-refractivity contribution in [1.82, 2.24) is 14.9 Å². The molecule has 0 aliphatic heterocycles. The highest BCUT2D eigenvalue weighted by molar-refractivity contribution is 5.99. The summed E-state index contributed by atoms with van der Waals surface area (Å²) in [6, 6.07) is 3.65. The van der Waals surface area contributed by atoms with Gasteiger partial charge in [-0.2, -0.15) is 0 Å². The van der Waals surface area contributed by atoms with E-state index in [0.29, 0.717) is 11.0 Å². The fourth-order valence-electron chi connectivity index (χ4n) is 2.10. The third-order valence-electron chi connectivity index (χ3n) is 3.38. The van der Waals surface area contributed by atoms with Crippen LogP contribution in [0.15, 0.2) is 23.0 Å². The largest absolute Gasteiger partial charge is 0.480 e. The second-order valence-electron chi connectivity index (χ2n) is 4.87. The number of hydrogen-bond acceptors (Lipinski definition) is 4. The van der Waals surface area contributed by atoms with Gasteiger partial charge >= 0.3 is 11.7 Å². The summed E-state index contributed by atoms with van der Waals surface area (Å²) in [5.74, 6) is -1.64. The molecule has 0 aliphatic rings. The summed E-state index contributed by atoms with van der Waals surface area (Å²) in [6.07, 6.45) is 0.169. The number of ether oxygens (including phenoxy) is 1. The van der Waals surface area contributed by atoms with Gasteiger partial charge in [-0.3, -0.25) is 9.36 Å². The van der Waals surface area contributed by atoms with Gasteiger partial charge in [0.2, 0.25) is 0 Å².